The van der Waals surface area contributed by atoms with E-state index >= 15 is 0 Å². The molecule has 78 valence electrons. The smallest absolute Gasteiger partial charge is 0.349 e. The Kier molecular flexibility index (Phi) is 3.03. The van der Waals surface area contributed by atoms with Crippen LogP contribution in [0.5, 0.6) is 5.75 Å². The van der Waals surface area contributed by atoms with Crippen LogP contribution < -0.4 is 4.74 Å². The molecule has 0 aliphatic rings. The molecule has 0 spiro atoms. The normalized spacial score (nSPS) is 10.1. The highest BCUT2D eigenvalue weighted by Gasteiger charge is 2.12. The minimum atomic E-state index is -0.940. The van der Waals surface area contributed by atoms with Crippen LogP contribution in [0.15, 0.2) is 28.3 Å². The van der Waals surface area contributed by atoms with Crippen LogP contribution >= 0.6 is 22.7 Å². The van der Waals surface area contributed by atoms with Crippen LogP contribution in [0.3, 0.4) is 0 Å². The Morgan fingerprint density at radius 3 is 2.93 bits per heavy atom. The molecule has 3 nitrogen and oxygen atoms in total. The molecule has 2 rings (SSSR count). The largest absolute Gasteiger partial charge is 0.487 e. The van der Waals surface area contributed by atoms with E-state index in [0.29, 0.717) is 12.4 Å². The van der Waals surface area contributed by atoms with Crippen molar-refractivity contribution in [2.24, 2.45) is 0 Å². The molecule has 5 heteroatoms. The third-order valence-corrected chi connectivity index (χ3v) is 3.41. The summed E-state index contributed by atoms with van der Waals surface area (Å²) in [4.78, 5) is 11.0. The quantitative estimate of drug-likeness (QED) is 0.893. The molecule has 1 N–H and O–H groups in total. The average molecular weight is 240 g/mol. The summed E-state index contributed by atoms with van der Waals surface area (Å²) < 4.78 is 5.42. The number of carboxylic acids is 1. The number of carboxylic acid groups (broad SMARTS) is 1. The number of ether oxygens (including phenoxy) is 1. The summed E-state index contributed by atoms with van der Waals surface area (Å²) in [6, 6.07) is 3.64. The van der Waals surface area contributed by atoms with Crippen molar-refractivity contribution in [1.82, 2.24) is 0 Å². The van der Waals surface area contributed by atoms with E-state index in [1.54, 1.807) is 22.8 Å². The topological polar surface area (TPSA) is 46.5 Å². The molecular weight excluding hydrogens is 232 g/mol. The van der Waals surface area contributed by atoms with E-state index < -0.39 is 5.97 Å². The minimum absolute atomic E-state index is 0.255. The van der Waals surface area contributed by atoms with E-state index in [1.165, 1.54) is 11.3 Å². The van der Waals surface area contributed by atoms with Gasteiger partial charge in [-0.1, -0.05) is 0 Å². The molecule has 0 aliphatic heterocycles. The molecule has 0 radical (unpaired) electrons. The zero-order valence-electron chi connectivity index (χ0n) is 7.67. The summed E-state index contributed by atoms with van der Waals surface area (Å²) in [6.07, 6.45) is 0. The summed E-state index contributed by atoms with van der Waals surface area (Å²) in [5.74, 6) is -0.496. The highest BCUT2D eigenvalue weighted by Crippen LogP contribution is 2.25. The Labute approximate surface area is 94.6 Å². The number of rotatable bonds is 4. The van der Waals surface area contributed by atoms with Crippen molar-refractivity contribution in [1.29, 1.82) is 0 Å². The van der Waals surface area contributed by atoms with E-state index in [2.05, 4.69) is 0 Å². The summed E-state index contributed by atoms with van der Waals surface area (Å²) in [7, 11) is 0. The first-order chi connectivity index (χ1) is 7.27. The van der Waals surface area contributed by atoms with E-state index in [4.69, 9.17) is 9.84 Å². The fourth-order valence-corrected chi connectivity index (χ4v) is 2.43. The minimum Gasteiger partial charge on any atom is -0.487 e. The molecule has 0 unspecified atom stereocenters. The summed E-state index contributed by atoms with van der Waals surface area (Å²) in [6.45, 7) is 0.417. The van der Waals surface area contributed by atoms with Crippen LogP contribution in [0, 0.1) is 0 Å². The fourth-order valence-electron chi connectivity index (χ4n) is 1.10. The Balaban J connectivity index is 2.05. The maximum Gasteiger partial charge on any atom is 0.349 e. The Morgan fingerprint density at radius 2 is 2.27 bits per heavy atom. The third kappa shape index (κ3) is 2.37. The Hall–Kier alpha value is -1.33. The number of thiophene rings is 2. The predicted molar refractivity (Wildman–Crippen MR) is 59.9 cm³/mol. The van der Waals surface area contributed by atoms with E-state index in [1.807, 2.05) is 16.8 Å². The van der Waals surface area contributed by atoms with Crippen LogP contribution in [0.1, 0.15) is 15.2 Å². The van der Waals surface area contributed by atoms with Crippen molar-refractivity contribution in [3.05, 3.63) is 38.7 Å². The SMILES string of the molecule is O=C(O)c1sccc1OCc1ccsc1. The summed E-state index contributed by atoms with van der Waals surface area (Å²) in [5, 5.41) is 14.5. The molecule has 0 amide bonds. The molecule has 2 aromatic heterocycles. The number of hydrogen-bond acceptors (Lipinski definition) is 4. The van der Waals surface area contributed by atoms with Crippen LogP contribution in [0.2, 0.25) is 0 Å². The second-order valence-corrected chi connectivity index (χ2v) is 4.54. The fraction of sp³-hybridized carbons (Fsp3) is 0.100. The van der Waals surface area contributed by atoms with Crippen molar-refractivity contribution in [3.8, 4) is 5.75 Å². The van der Waals surface area contributed by atoms with E-state index in [9.17, 15) is 4.79 Å². The standard InChI is InChI=1S/C10H8O3S2/c11-10(12)9-8(2-4-15-9)13-5-7-1-3-14-6-7/h1-4,6H,5H2,(H,11,12). The molecule has 15 heavy (non-hydrogen) atoms. The molecule has 0 aliphatic carbocycles. The maximum atomic E-state index is 10.8. The molecule has 0 bridgehead atoms. The molecular formula is C10H8O3S2. The summed E-state index contributed by atoms with van der Waals surface area (Å²) in [5.41, 5.74) is 1.06. The first kappa shape index (κ1) is 10.2. The van der Waals surface area contributed by atoms with Gasteiger partial charge in [-0.05, 0) is 33.8 Å². The van der Waals surface area contributed by atoms with E-state index in [-0.39, 0.29) is 4.88 Å². The zero-order valence-corrected chi connectivity index (χ0v) is 9.31. The van der Waals surface area contributed by atoms with Gasteiger partial charge in [-0.2, -0.15) is 11.3 Å². The van der Waals surface area contributed by atoms with Crippen LogP contribution in [0.4, 0.5) is 0 Å². The monoisotopic (exact) mass is 240 g/mol. The van der Waals surface area contributed by atoms with Crippen molar-refractivity contribution in [2.75, 3.05) is 0 Å². The molecule has 2 aromatic rings. The molecule has 0 fully saturated rings. The average Bonchev–Trinajstić information content (AvgIpc) is 2.86. The first-order valence-corrected chi connectivity index (χ1v) is 6.04. The van der Waals surface area contributed by atoms with Crippen molar-refractivity contribution in [2.45, 2.75) is 6.61 Å². The lowest BCUT2D eigenvalue weighted by atomic mass is 10.3. The summed E-state index contributed by atoms with van der Waals surface area (Å²) >= 11 is 2.77. The van der Waals surface area contributed by atoms with E-state index in [0.717, 1.165) is 5.56 Å². The Bertz CT molecular complexity index is 445. The van der Waals surface area contributed by atoms with Gasteiger partial charge in [0, 0.05) is 0 Å². The lowest BCUT2D eigenvalue weighted by Crippen LogP contribution is -1.99. The third-order valence-electron chi connectivity index (χ3n) is 1.80. The zero-order chi connectivity index (χ0) is 10.7. The predicted octanol–water partition coefficient (Wildman–Crippen LogP) is 3.09. The maximum absolute atomic E-state index is 10.8. The van der Waals surface area contributed by atoms with Gasteiger partial charge < -0.3 is 9.84 Å². The van der Waals surface area contributed by atoms with Crippen LogP contribution in [0.25, 0.3) is 0 Å². The van der Waals surface area contributed by atoms with Gasteiger partial charge >= 0.3 is 5.97 Å². The first-order valence-electron chi connectivity index (χ1n) is 4.22. The highest BCUT2D eigenvalue weighted by molar-refractivity contribution is 7.12. The second kappa shape index (κ2) is 4.46. The van der Waals surface area contributed by atoms with Gasteiger partial charge in [0.2, 0.25) is 0 Å². The van der Waals surface area contributed by atoms with Gasteiger partial charge in [0.05, 0.1) is 0 Å². The van der Waals surface area contributed by atoms with Gasteiger partial charge in [0.15, 0.2) is 4.88 Å². The Morgan fingerprint density at radius 1 is 1.40 bits per heavy atom. The van der Waals surface area contributed by atoms with Crippen LogP contribution in [-0.2, 0) is 6.61 Å². The van der Waals surface area contributed by atoms with Crippen molar-refractivity contribution < 1.29 is 14.6 Å². The van der Waals surface area contributed by atoms with Crippen molar-refractivity contribution in [3.63, 3.8) is 0 Å². The van der Waals surface area contributed by atoms with Crippen molar-refractivity contribution >= 4 is 28.6 Å². The molecule has 0 saturated carbocycles. The molecule has 0 saturated heterocycles. The van der Waals surface area contributed by atoms with Gasteiger partial charge in [-0.25, -0.2) is 4.79 Å². The van der Waals surface area contributed by atoms with Crippen LogP contribution in [-0.4, -0.2) is 11.1 Å². The highest BCUT2D eigenvalue weighted by atomic mass is 32.1. The second-order valence-electron chi connectivity index (χ2n) is 2.84. The lowest BCUT2D eigenvalue weighted by molar-refractivity contribution is 0.0697. The number of carbonyl (C=O) groups is 1. The number of aromatic carboxylic acids is 1. The molecule has 2 heterocycles. The van der Waals surface area contributed by atoms with Gasteiger partial charge in [-0.3, -0.25) is 0 Å². The number of hydrogen-bond donors (Lipinski definition) is 1. The lowest BCUT2D eigenvalue weighted by Gasteiger charge is -2.03. The van der Waals surface area contributed by atoms with Gasteiger partial charge in [0.25, 0.3) is 0 Å². The van der Waals surface area contributed by atoms with Gasteiger partial charge in [-0.15, -0.1) is 11.3 Å². The van der Waals surface area contributed by atoms with Gasteiger partial charge in [0.1, 0.15) is 12.4 Å². The molecule has 0 atom stereocenters. The molecule has 0 aromatic carbocycles.